The second-order valence-electron chi connectivity index (χ2n) is 4.30. The average Bonchev–Trinajstić information content (AvgIpc) is 2.94. The SMILES string of the molecule is CC(NC(=O)c1ccc(CCN)cc1)c1ncn[nH]1. The number of aromatic amines is 1. The van der Waals surface area contributed by atoms with Gasteiger partial charge in [-0.25, -0.2) is 4.98 Å². The van der Waals surface area contributed by atoms with E-state index in [1.165, 1.54) is 6.33 Å². The smallest absolute Gasteiger partial charge is 0.251 e. The Morgan fingerprint density at radius 2 is 2.16 bits per heavy atom. The first-order chi connectivity index (χ1) is 9.20. The summed E-state index contributed by atoms with van der Waals surface area (Å²) in [5.74, 6) is 0.497. The molecule has 0 saturated heterocycles. The molecular formula is C13H17N5O. The van der Waals surface area contributed by atoms with Gasteiger partial charge >= 0.3 is 0 Å². The van der Waals surface area contributed by atoms with E-state index < -0.39 is 0 Å². The Kier molecular flexibility index (Phi) is 4.25. The molecule has 0 radical (unpaired) electrons. The molecule has 0 aliphatic heterocycles. The lowest BCUT2D eigenvalue weighted by atomic mass is 10.1. The molecule has 1 amide bonds. The lowest BCUT2D eigenvalue weighted by Crippen LogP contribution is -2.27. The van der Waals surface area contributed by atoms with E-state index in [2.05, 4.69) is 20.5 Å². The Hall–Kier alpha value is -2.21. The zero-order valence-corrected chi connectivity index (χ0v) is 10.8. The minimum absolute atomic E-state index is 0.136. The molecule has 0 saturated carbocycles. The van der Waals surface area contributed by atoms with Crippen molar-refractivity contribution in [1.29, 1.82) is 0 Å². The number of nitrogens with two attached hydrogens (primary N) is 1. The maximum absolute atomic E-state index is 12.0. The molecule has 2 rings (SSSR count). The van der Waals surface area contributed by atoms with E-state index in [9.17, 15) is 4.79 Å². The summed E-state index contributed by atoms with van der Waals surface area (Å²) in [6.45, 7) is 2.45. The van der Waals surface area contributed by atoms with E-state index in [-0.39, 0.29) is 11.9 Å². The fourth-order valence-electron chi connectivity index (χ4n) is 1.76. The molecule has 1 aromatic carbocycles. The predicted octanol–water partition coefficient (Wildman–Crippen LogP) is 0.797. The number of nitrogens with zero attached hydrogens (tertiary/aromatic N) is 2. The summed E-state index contributed by atoms with van der Waals surface area (Å²) in [5.41, 5.74) is 7.23. The lowest BCUT2D eigenvalue weighted by molar-refractivity contribution is 0.0938. The fraction of sp³-hybridized carbons (Fsp3) is 0.308. The summed E-state index contributed by atoms with van der Waals surface area (Å²) < 4.78 is 0. The van der Waals surface area contributed by atoms with Crippen LogP contribution in [0.4, 0.5) is 0 Å². The number of nitrogens with one attached hydrogen (secondary N) is 2. The summed E-state index contributed by atoms with van der Waals surface area (Å²) in [4.78, 5) is 16.0. The van der Waals surface area contributed by atoms with E-state index in [0.717, 1.165) is 12.0 Å². The molecule has 1 aromatic heterocycles. The molecule has 1 heterocycles. The highest BCUT2D eigenvalue weighted by Gasteiger charge is 2.13. The number of hydrogen-bond acceptors (Lipinski definition) is 4. The zero-order chi connectivity index (χ0) is 13.7. The van der Waals surface area contributed by atoms with Crippen LogP contribution >= 0.6 is 0 Å². The summed E-state index contributed by atoms with van der Waals surface area (Å²) in [6.07, 6.45) is 2.23. The van der Waals surface area contributed by atoms with Gasteiger partial charge in [0.1, 0.15) is 12.2 Å². The number of aromatic nitrogens is 3. The minimum atomic E-state index is -0.210. The first-order valence-electron chi connectivity index (χ1n) is 6.16. The Morgan fingerprint density at radius 3 is 2.74 bits per heavy atom. The maximum Gasteiger partial charge on any atom is 0.251 e. The molecule has 0 bridgehead atoms. The summed E-state index contributed by atoms with van der Waals surface area (Å²) in [7, 11) is 0. The topological polar surface area (TPSA) is 96.7 Å². The normalized spacial score (nSPS) is 12.1. The highest BCUT2D eigenvalue weighted by Crippen LogP contribution is 2.08. The van der Waals surface area contributed by atoms with Gasteiger partial charge in [-0.2, -0.15) is 5.10 Å². The van der Waals surface area contributed by atoms with E-state index in [1.54, 1.807) is 12.1 Å². The van der Waals surface area contributed by atoms with Gasteiger partial charge in [-0.3, -0.25) is 9.89 Å². The molecule has 1 unspecified atom stereocenters. The quantitative estimate of drug-likeness (QED) is 0.739. The standard InChI is InChI=1S/C13H17N5O/c1-9(12-15-8-16-18-12)17-13(19)11-4-2-10(3-5-11)6-7-14/h2-5,8-9H,6-7,14H2,1H3,(H,17,19)(H,15,16,18). The number of carbonyl (C=O) groups excluding carboxylic acids is 1. The molecule has 0 aliphatic rings. The van der Waals surface area contributed by atoms with E-state index in [0.29, 0.717) is 17.9 Å². The van der Waals surface area contributed by atoms with Crippen LogP contribution in [-0.2, 0) is 6.42 Å². The van der Waals surface area contributed by atoms with Gasteiger partial charge < -0.3 is 11.1 Å². The van der Waals surface area contributed by atoms with Gasteiger partial charge in [0.05, 0.1) is 6.04 Å². The highest BCUT2D eigenvalue weighted by atomic mass is 16.1. The number of carbonyl (C=O) groups is 1. The second-order valence-corrected chi connectivity index (χ2v) is 4.30. The Balaban J connectivity index is 1.99. The van der Waals surface area contributed by atoms with Crippen LogP contribution in [-0.4, -0.2) is 27.6 Å². The van der Waals surface area contributed by atoms with Crippen molar-refractivity contribution < 1.29 is 4.79 Å². The van der Waals surface area contributed by atoms with Gasteiger partial charge in [-0.15, -0.1) is 0 Å². The Morgan fingerprint density at radius 1 is 1.42 bits per heavy atom. The molecule has 0 aliphatic carbocycles. The first-order valence-corrected chi connectivity index (χ1v) is 6.16. The second kappa shape index (κ2) is 6.10. The molecule has 0 spiro atoms. The van der Waals surface area contributed by atoms with Crippen LogP contribution in [0.15, 0.2) is 30.6 Å². The average molecular weight is 259 g/mol. The predicted molar refractivity (Wildman–Crippen MR) is 71.5 cm³/mol. The molecule has 6 nitrogen and oxygen atoms in total. The molecule has 1 atom stereocenters. The van der Waals surface area contributed by atoms with Crippen LogP contribution in [0.25, 0.3) is 0 Å². The summed E-state index contributed by atoms with van der Waals surface area (Å²) in [5, 5.41) is 9.34. The van der Waals surface area contributed by atoms with Crippen LogP contribution in [0.3, 0.4) is 0 Å². The van der Waals surface area contributed by atoms with Crippen molar-refractivity contribution in [1.82, 2.24) is 20.5 Å². The van der Waals surface area contributed by atoms with Gasteiger partial charge in [0.15, 0.2) is 0 Å². The zero-order valence-electron chi connectivity index (χ0n) is 10.8. The van der Waals surface area contributed by atoms with Gasteiger partial charge in [0.2, 0.25) is 0 Å². The van der Waals surface area contributed by atoms with E-state index in [4.69, 9.17) is 5.73 Å². The van der Waals surface area contributed by atoms with Crippen molar-refractivity contribution in [2.24, 2.45) is 5.73 Å². The summed E-state index contributed by atoms with van der Waals surface area (Å²) >= 11 is 0. The Bertz CT molecular complexity index is 520. The molecule has 19 heavy (non-hydrogen) atoms. The summed E-state index contributed by atoms with van der Waals surface area (Å²) in [6, 6.07) is 7.22. The molecular weight excluding hydrogens is 242 g/mol. The maximum atomic E-state index is 12.0. The third-order valence-corrected chi connectivity index (χ3v) is 2.84. The number of H-pyrrole nitrogens is 1. The number of benzene rings is 1. The molecule has 6 heteroatoms. The van der Waals surface area contributed by atoms with Crippen molar-refractivity contribution in [3.63, 3.8) is 0 Å². The highest BCUT2D eigenvalue weighted by molar-refractivity contribution is 5.94. The van der Waals surface area contributed by atoms with Crippen molar-refractivity contribution >= 4 is 5.91 Å². The van der Waals surface area contributed by atoms with Gasteiger partial charge in [0.25, 0.3) is 5.91 Å². The first kappa shape index (κ1) is 13.2. The fourth-order valence-corrected chi connectivity index (χ4v) is 1.76. The number of hydrogen-bond donors (Lipinski definition) is 3. The van der Waals surface area contributed by atoms with Crippen molar-refractivity contribution in [3.05, 3.63) is 47.5 Å². The number of rotatable bonds is 5. The van der Waals surface area contributed by atoms with Gasteiger partial charge in [0, 0.05) is 5.56 Å². The van der Waals surface area contributed by atoms with E-state index >= 15 is 0 Å². The number of amides is 1. The van der Waals surface area contributed by atoms with Crippen LogP contribution in [0, 0.1) is 0 Å². The van der Waals surface area contributed by atoms with Crippen LogP contribution in [0.5, 0.6) is 0 Å². The van der Waals surface area contributed by atoms with Crippen molar-refractivity contribution in [2.45, 2.75) is 19.4 Å². The minimum Gasteiger partial charge on any atom is -0.342 e. The van der Waals surface area contributed by atoms with Crippen molar-refractivity contribution in [3.8, 4) is 0 Å². The molecule has 2 aromatic rings. The van der Waals surface area contributed by atoms with Crippen LogP contribution < -0.4 is 11.1 Å². The third-order valence-electron chi connectivity index (χ3n) is 2.84. The molecule has 4 N–H and O–H groups in total. The largest absolute Gasteiger partial charge is 0.342 e. The van der Waals surface area contributed by atoms with Crippen LogP contribution in [0.1, 0.15) is 34.7 Å². The third kappa shape index (κ3) is 3.38. The van der Waals surface area contributed by atoms with Crippen LogP contribution in [0.2, 0.25) is 0 Å². The lowest BCUT2D eigenvalue weighted by Gasteiger charge is -2.11. The van der Waals surface area contributed by atoms with Gasteiger partial charge in [-0.1, -0.05) is 12.1 Å². The van der Waals surface area contributed by atoms with E-state index in [1.807, 2.05) is 19.1 Å². The Labute approximate surface area is 111 Å². The van der Waals surface area contributed by atoms with Gasteiger partial charge in [-0.05, 0) is 37.6 Å². The molecule has 100 valence electrons. The monoisotopic (exact) mass is 259 g/mol. The van der Waals surface area contributed by atoms with Crippen molar-refractivity contribution in [2.75, 3.05) is 6.54 Å². The molecule has 0 fully saturated rings.